The minimum atomic E-state index is -3.40. The molecule has 5 nitrogen and oxygen atoms in total. The van der Waals surface area contributed by atoms with Crippen LogP contribution in [0, 0.1) is 6.92 Å². The van der Waals surface area contributed by atoms with E-state index in [1.807, 2.05) is 13.0 Å². The SMILES string of the molecule is Cc1cccc(C(=O)Nc2ccccc2N(C)S(C)(=O)=O)c1. The number of carbonyl (C=O) groups excluding carboxylic acids is 1. The highest BCUT2D eigenvalue weighted by Gasteiger charge is 2.17. The van der Waals surface area contributed by atoms with E-state index in [0.717, 1.165) is 16.1 Å². The molecule has 0 unspecified atom stereocenters. The van der Waals surface area contributed by atoms with Gasteiger partial charge in [-0.1, -0.05) is 29.8 Å². The van der Waals surface area contributed by atoms with E-state index in [1.54, 1.807) is 42.5 Å². The van der Waals surface area contributed by atoms with Gasteiger partial charge in [0.2, 0.25) is 10.0 Å². The van der Waals surface area contributed by atoms with Crippen LogP contribution >= 0.6 is 0 Å². The van der Waals surface area contributed by atoms with Crippen LogP contribution in [0.4, 0.5) is 11.4 Å². The number of nitrogens with one attached hydrogen (secondary N) is 1. The summed E-state index contributed by atoms with van der Waals surface area (Å²) >= 11 is 0. The van der Waals surface area contributed by atoms with Crippen molar-refractivity contribution in [2.75, 3.05) is 22.9 Å². The Morgan fingerprint density at radius 3 is 2.41 bits per heavy atom. The van der Waals surface area contributed by atoms with Gasteiger partial charge in [0.15, 0.2) is 0 Å². The van der Waals surface area contributed by atoms with Crippen LogP contribution in [0.1, 0.15) is 15.9 Å². The molecule has 0 spiro atoms. The third-order valence-corrected chi connectivity index (χ3v) is 4.46. The molecule has 1 N–H and O–H groups in total. The fraction of sp³-hybridized carbons (Fsp3) is 0.188. The zero-order valence-corrected chi connectivity index (χ0v) is 13.5. The summed E-state index contributed by atoms with van der Waals surface area (Å²) in [6.07, 6.45) is 1.12. The van der Waals surface area contributed by atoms with Gasteiger partial charge in [0.25, 0.3) is 5.91 Å². The number of rotatable bonds is 4. The Balaban J connectivity index is 2.33. The number of amides is 1. The third kappa shape index (κ3) is 3.65. The Morgan fingerprint density at radius 1 is 1.09 bits per heavy atom. The average Bonchev–Trinajstić information content (AvgIpc) is 2.46. The number of aryl methyl sites for hydroxylation is 1. The summed E-state index contributed by atoms with van der Waals surface area (Å²) in [6.45, 7) is 1.90. The molecule has 0 fully saturated rings. The molecule has 2 rings (SSSR count). The van der Waals surface area contributed by atoms with Crippen molar-refractivity contribution in [2.45, 2.75) is 6.92 Å². The molecule has 0 bridgehead atoms. The molecule has 0 heterocycles. The highest BCUT2D eigenvalue weighted by atomic mass is 32.2. The number of sulfonamides is 1. The summed E-state index contributed by atoms with van der Waals surface area (Å²) in [5, 5.41) is 2.76. The first-order valence-corrected chi connectivity index (χ1v) is 8.55. The van der Waals surface area contributed by atoms with Gasteiger partial charge in [-0.05, 0) is 31.2 Å². The number of anilines is 2. The average molecular weight is 318 g/mol. The molecule has 0 radical (unpaired) electrons. The summed E-state index contributed by atoms with van der Waals surface area (Å²) in [6, 6.07) is 14.0. The number of hydrogen-bond donors (Lipinski definition) is 1. The van der Waals surface area contributed by atoms with E-state index in [1.165, 1.54) is 7.05 Å². The lowest BCUT2D eigenvalue weighted by molar-refractivity contribution is 0.102. The molecule has 0 aliphatic heterocycles. The fourth-order valence-electron chi connectivity index (χ4n) is 2.01. The number of para-hydroxylation sites is 2. The Morgan fingerprint density at radius 2 is 1.77 bits per heavy atom. The second-order valence-electron chi connectivity index (χ2n) is 5.07. The van der Waals surface area contributed by atoms with Crippen LogP contribution in [0.2, 0.25) is 0 Å². The maximum atomic E-state index is 12.3. The van der Waals surface area contributed by atoms with Gasteiger partial charge in [0.1, 0.15) is 0 Å². The topological polar surface area (TPSA) is 66.5 Å². The molecule has 1 amide bonds. The molecule has 2 aromatic carbocycles. The van der Waals surface area contributed by atoms with Gasteiger partial charge in [-0.15, -0.1) is 0 Å². The lowest BCUT2D eigenvalue weighted by Gasteiger charge is -2.20. The zero-order valence-electron chi connectivity index (χ0n) is 12.7. The highest BCUT2D eigenvalue weighted by Crippen LogP contribution is 2.26. The lowest BCUT2D eigenvalue weighted by Crippen LogP contribution is -2.26. The van der Waals surface area contributed by atoms with Crippen LogP contribution < -0.4 is 9.62 Å². The third-order valence-electron chi connectivity index (χ3n) is 3.27. The molecule has 0 saturated carbocycles. The standard InChI is InChI=1S/C16H18N2O3S/c1-12-7-6-8-13(11-12)16(19)17-14-9-4-5-10-15(14)18(2)22(3,20)21/h4-11H,1-3H3,(H,17,19). The Labute approximate surface area is 130 Å². The molecular weight excluding hydrogens is 300 g/mol. The molecule has 6 heteroatoms. The number of carbonyl (C=O) groups is 1. The summed E-state index contributed by atoms with van der Waals surface area (Å²) in [5.41, 5.74) is 2.37. The maximum absolute atomic E-state index is 12.3. The van der Waals surface area contributed by atoms with E-state index < -0.39 is 10.0 Å². The van der Waals surface area contributed by atoms with Gasteiger partial charge in [0, 0.05) is 12.6 Å². The van der Waals surface area contributed by atoms with E-state index in [0.29, 0.717) is 16.9 Å². The second-order valence-corrected chi connectivity index (χ2v) is 7.09. The fourth-order valence-corrected chi connectivity index (χ4v) is 2.53. The minimum absolute atomic E-state index is 0.280. The predicted molar refractivity (Wildman–Crippen MR) is 88.8 cm³/mol. The van der Waals surface area contributed by atoms with Crippen LogP contribution in [0.3, 0.4) is 0 Å². The van der Waals surface area contributed by atoms with E-state index in [4.69, 9.17) is 0 Å². The van der Waals surface area contributed by atoms with Crippen molar-refractivity contribution in [3.63, 3.8) is 0 Å². The Hall–Kier alpha value is -2.34. The van der Waals surface area contributed by atoms with Crippen LogP contribution in [0.5, 0.6) is 0 Å². The van der Waals surface area contributed by atoms with Crippen LogP contribution in [0.15, 0.2) is 48.5 Å². The summed E-state index contributed by atoms with van der Waals surface area (Å²) in [4.78, 5) is 12.3. The number of benzene rings is 2. The van der Waals surface area contributed by atoms with Crippen LogP contribution in [0.25, 0.3) is 0 Å². The number of nitrogens with zero attached hydrogens (tertiary/aromatic N) is 1. The van der Waals surface area contributed by atoms with Gasteiger partial charge in [-0.2, -0.15) is 0 Å². The molecule has 0 aromatic heterocycles. The van der Waals surface area contributed by atoms with Gasteiger partial charge in [-0.3, -0.25) is 9.10 Å². The van der Waals surface area contributed by atoms with Crippen molar-refractivity contribution in [3.05, 3.63) is 59.7 Å². The maximum Gasteiger partial charge on any atom is 0.255 e. The molecule has 22 heavy (non-hydrogen) atoms. The summed E-state index contributed by atoms with van der Waals surface area (Å²) < 4.78 is 24.5. The van der Waals surface area contributed by atoms with Crippen LogP contribution in [-0.4, -0.2) is 27.6 Å². The lowest BCUT2D eigenvalue weighted by atomic mass is 10.1. The molecule has 0 aliphatic carbocycles. The zero-order chi connectivity index (χ0) is 16.3. The van der Waals surface area contributed by atoms with Gasteiger partial charge < -0.3 is 5.32 Å². The first-order valence-electron chi connectivity index (χ1n) is 6.70. The van der Waals surface area contributed by atoms with Crippen molar-refractivity contribution >= 4 is 27.3 Å². The Kier molecular flexibility index (Phi) is 4.51. The molecular formula is C16H18N2O3S. The minimum Gasteiger partial charge on any atom is -0.320 e. The van der Waals surface area contributed by atoms with Crippen molar-refractivity contribution in [1.82, 2.24) is 0 Å². The van der Waals surface area contributed by atoms with Gasteiger partial charge in [0.05, 0.1) is 17.6 Å². The number of hydrogen-bond acceptors (Lipinski definition) is 3. The van der Waals surface area contributed by atoms with Crippen LogP contribution in [-0.2, 0) is 10.0 Å². The molecule has 0 aliphatic rings. The van der Waals surface area contributed by atoms with E-state index in [2.05, 4.69) is 5.32 Å². The quantitative estimate of drug-likeness (QED) is 0.942. The van der Waals surface area contributed by atoms with Crippen molar-refractivity contribution in [2.24, 2.45) is 0 Å². The van der Waals surface area contributed by atoms with E-state index >= 15 is 0 Å². The largest absolute Gasteiger partial charge is 0.320 e. The highest BCUT2D eigenvalue weighted by molar-refractivity contribution is 7.92. The summed E-state index contributed by atoms with van der Waals surface area (Å²) in [5.74, 6) is -0.280. The first kappa shape index (κ1) is 16.0. The summed E-state index contributed by atoms with van der Waals surface area (Å²) in [7, 11) is -1.95. The molecule has 116 valence electrons. The van der Waals surface area contributed by atoms with E-state index in [-0.39, 0.29) is 5.91 Å². The molecule has 0 saturated heterocycles. The second kappa shape index (κ2) is 6.19. The normalized spacial score (nSPS) is 11.0. The van der Waals surface area contributed by atoms with Crippen molar-refractivity contribution < 1.29 is 13.2 Å². The predicted octanol–water partition coefficient (Wildman–Crippen LogP) is 2.64. The first-order chi connectivity index (χ1) is 10.3. The monoisotopic (exact) mass is 318 g/mol. The smallest absolute Gasteiger partial charge is 0.255 e. The van der Waals surface area contributed by atoms with Gasteiger partial charge in [-0.25, -0.2) is 8.42 Å². The van der Waals surface area contributed by atoms with Gasteiger partial charge >= 0.3 is 0 Å². The van der Waals surface area contributed by atoms with Crippen molar-refractivity contribution in [3.8, 4) is 0 Å². The Bertz CT molecular complexity index is 801. The van der Waals surface area contributed by atoms with Crippen molar-refractivity contribution in [1.29, 1.82) is 0 Å². The molecule has 0 atom stereocenters. The van der Waals surface area contributed by atoms with E-state index in [9.17, 15) is 13.2 Å². The molecule has 2 aromatic rings.